The third kappa shape index (κ3) is 3.39. The van der Waals surface area contributed by atoms with Crippen molar-refractivity contribution in [2.45, 2.75) is 6.92 Å². The fourth-order valence-electron chi connectivity index (χ4n) is 1.98. The smallest absolute Gasteiger partial charge is 0.181 e. The third-order valence-corrected chi connectivity index (χ3v) is 3.17. The minimum absolute atomic E-state index is 0.164. The summed E-state index contributed by atoms with van der Waals surface area (Å²) in [4.78, 5) is 0. The molecule has 2 aromatic carbocycles. The Bertz CT molecular complexity index is 840. The lowest BCUT2D eigenvalue weighted by Crippen LogP contribution is -2.00. The first kappa shape index (κ1) is 14.8. The van der Waals surface area contributed by atoms with Gasteiger partial charge in [0.05, 0.1) is 11.4 Å². The maximum Gasteiger partial charge on any atom is 0.181 e. The van der Waals surface area contributed by atoms with E-state index in [2.05, 4.69) is 20.8 Å². The van der Waals surface area contributed by atoms with Gasteiger partial charge < -0.3 is 5.32 Å². The summed E-state index contributed by atoms with van der Waals surface area (Å²) in [5, 5.41) is 14.2. The van der Waals surface area contributed by atoms with Crippen molar-refractivity contribution in [1.29, 1.82) is 0 Å². The first-order valence-corrected chi connectivity index (χ1v) is 6.87. The minimum Gasteiger partial charge on any atom is -0.359 e. The Morgan fingerprint density at radius 1 is 1.09 bits per heavy atom. The van der Waals surface area contributed by atoms with Crippen molar-refractivity contribution >= 4 is 11.8 Å². The molecule has 1 aromatic heterocycles. The van der Waals surface area contributed by atoms with E-state index >= 15 is 0 Å². The van der Waals surface area contributed by atoms with E-state index in [9.17, 15) is 8.78 Å². The zero-order valence-corrected chi connectivity index (χ0v) is 12.2. The van der Waals surface area contributed by atoms with Crippen LogP contribution in [-0.2, 0) is 0 Å². The second-order valence-electron chi connectivity index (χ2n) is 4.89. The monoisotopic (exact) mass is 313 g/mol. The van der Waals surface area contributed by atoms with E-state index in [0.29, 0.717) is 5.82 Å². The molecule has 0 amide bonds. The van der Waals surface area contributed by atoms with Crippen LogP contribution in [0.1, 0.15) is 11.4 Å². The minimum atomic E-state index is -0.673. The Morgan fingerprint density at radius 2 is 1.87 bits per heavy atom. The van der Waals surface area contributed by atoms with Gasteiger partial charge in [-0.1, -0.05) is 17.7 Å². The lowest BCUT2D eigenvalue weighted by atomic mass is 10.2. The maximum atomic E-state index is 13.5. The molecule has 7 heteroatoms. The number of hydrogen-bond acceptors (Lipinski definition) is 4. The molecule has 116 valence electrons. The number of halogens is 2. The molecule has 1 heterocycles. The predicted molar refractivity (Wildman–Crippen MR) is 82.9 cm³/mol. The van der Waals surface area contributed by atoms with Gasteiger partial charge in [0.15, 0.2) is 5.82 Å². The zero-order chi connectivity index (χ0) is 16.2. The highest BCUT2D eigenvalue weighted by atomic mass is 19.1. The number of anilines is 1. The third-order valence-electron chi connectivity index (χ3n) is 3.17. The average Bonchev–Trinajstić information content (AvgIpc) is 2.99. The zero-order valence-electron chi connectivity index (χ0n) is 12.2. The van der Waals surface area contributed by atoms with Crippen LogP contribution < -0.4 is 5.32 Å². The van der Waals surface area contributed by atoms with Crippen molar-refractivity contribution < 1.29 is 8.78 Å². The number of benzene rings is 2. The van der Waals surface area contributed by atoms with Crippen molar-refractivity contribution in [3.8, 4) is 5.69 Å². The summed E-state index contributed by atoms with van der Waals surface area (Å²) in [6.07, 6.45) is 3.09. The van der Waals surface area contributed by atoms with Gasteiger partial charge in [0.2, 0.25) is 0 Å². The molecule has 0 spiro atoms. The molecule has 0 unspecified atom stereocenters. The Hall–Kier alpha value is -3.09. The highest BCUT2D eigenvalue weighted by molar-refractivity contribution is 5.53. The molecule has 3 rings (SSSR count). The first-order valence-electron chi connectivity index (χ1n) is 6.87. The van der Waals surface area contributed by atoms with Crippen molar-refractivity contribution in [2.75, 3.05) is 5.32 Å². The Kier molecular flexibility index (Phi) is 4.09. The summed E-state index contributed by atoms with van der Waals surface area (Å²) >= 11 is 0. The number of hydrogen-bond donors (Lipinski definition) is 1. The van der Waals surface area contributed by atoms with E-state index in [1.807, 2.05) is 31.2 Å². The van der Waals surface area contributed by atoms with Crippen molar-refractivity contribution in [1.82, 2.24) is 20.2 Å². The molecular weight excluding hydrogens is 300 g/mol. The van der Waals surface area contributed by atoms with Crippen LogP contribution in [0.15, 0.2) is 48.7 Å². The number of aromatic nitrogens is 4. The van der Waals surface area contributed by atoms with Crippen molar-refractivity contribution in [2.24, 2.45) is 0 Å². The van der Waals surface area contributed by atoms with Crippen molar-refractivity contribution in [3.05, 3.63) is 71.7 Å². The molecule has 3 aromatic rings. The number of nitrogens with zero attached hydrogens (tertiary/aromatic N) is 4. The van der Waals surface area contributed by atoms with E-state index in [1.54, 1.807) is 10.8 Å². The Labute approximate surface area is 131 Å². The first-order chi connectivity index (χ1) is 11.1. The molecule has 0 fully saturated rings. The number of tetrazole rings is 1. The lowest BCUT2D eigenvalue weighted by molar-refractivity contribution is 0.586. The highest BCUT2D eigenvalue weighted by Gasteiger charge is 2.05. The molecular formula is C16H13F2N5. The molecule has 0 saturated heterocycles. The van der Waals surface area contributed by atoms with Gasteiger partial charge in [-0.15, -0.1) is 5.10 Å². The van der Waals surface area contributed by atoms with Gasteiger partial charge in [0.1, 0.15) is 11.6 Å². The van der Waals surface area contributed by atoms with Crippen LogP contribution in [0.3, 0.4) is 0 Å². The van der Waals surface area contributed by atoms with E-state index in [1.165, 1.54) is 18.3 Å². The largest absolute Gasteiger partial charge is 0.359 e. The van der Waals surface area contributed by atoms with E-state index in [0.717, 1.165) is 17.3 Å². The molecule has 0 radical (unpaired) electrons. The molecule has 23 heavy (non-hydrogen) atoms. The van der Waals surface area contributed by atoms with Gasteiger partial charge in [-0.3, -0.25) is 0 Å². The summed E-state index contributed by atoms with van der Waals surface area (Å²) in [6.45, 7) is 1.99. The van der Waals surface area contributed by atoms with Crippen LogP contribution in [0.5, 0.6) is 0 Å². The van der Waals surface area contributed by atoms with Gasteiger partial charge in [0.25, 0.3) is 0 Å². The molecule has 0 atom stereocenters. The summed E-state index contributed by atoms with van der Waals surface area (Å²) in [6, 6.07) is 11.0. The van der Waals surface area contributed by atoms with E-state index in [-0.39, 0.29) is 5.69 Å². The summed E-state index contributed by atoms with van der Waals surface area (Å²) in [5.74, 6) is -0.822. The quantitative estimate of drug-likeness (QED) is 0.802. The van der Waals surface area contributed by atoms with Gasteiger partial charge in [-0.2, -0.15) is 4.68 Å². The summed E-state index contributed by atoms with van der Waals surface area (Å²) in [5.41, 5.74) is 2.11. The number of aryl methyl sites for hydroxylation is 1. The summed E-state index contributed by atoms with van der Waals surface area (Å²) in [7, 11) is 0. The SMILES string of the molecule is Cc1ccc(-n2nnnc2/C=C\Nc2ccc(F)cc2F)cc1. The van der Waals surface area contributed by atoms with Gasteiger partial charge >= 0.3 is 0 Å². The number of rotatable bonds is 4. The molecule has 0 bridgehead atoms. The lowest BCUT2D eigenvalue weighted by Gasteiger charge is -2.03. The van der Waals surface area contributed by atoms with Crippen molar-refractivity contribution in [3.63, 3.8) is 0 Å². The second-order valence-corrected chi connectivity index (χ2v) is 4.89. The molecule has 0 aliphatic carbocycles. The van der Waals surface area contributed by atoms with Gasteiger partial charge in [0, 0.05) is 18.3 Å². The fraction of sp³-hybridized carbons (Fsp3) is 0.0625. The molecule has 0 aliphatic rings. The normalized spacial score (nSPS) is 11.1. The van der Waals surface area contributed by atoms with E-state index in [4.69, 9.17) is 0 Å². The second kappa shape index (κ2) is 6.35. The van der Waals surface area contributed by atoms with Crippen LogP contribution >= 0.6 is 0 Å². The van der Waals surface area contributed by atoms with Crippen LogP contribution in [0.2, 0.25) is 0 Å². The predicted octanol–water partition coefficient (Wildman–Crippen LogP) is 3.33. The highest BCUT2D eigenvalue weighted by Crippen LogP contribution is 2.15. The maximum absolute atomic E-state index is 13.5. The molecule has 0 aliphatic heterocycles. The Morgan fingerprint density at radius 3 is 2.61 bits per heavy atom. The Balaban J connectivity index is 1.78. The molecule has 0 saturated carbocycles. The van der Waals surface area contributed by atoms with Crippen LogP contribution in [0, 0.1) is 18.6 Å². The van der Waals surface area contributed by atoms with Crippen LogP contribution in [0.4, 0.5) is 14.5 Å². The summed E-state index contributed by atoms with van der Waals surface area (Å²) < 4.78 is 27.9. The van der Waals surface area contributed by atoms with E-state index < -0.39 is 11.6 Å². The molecule has 1 N–H and O–H groups in total. The average molecular weight is 313 g/mol. The topological polar surface area (TPSA) is 55.6 Å². The van der Waals surface area contributed by atoms with Gasteiger partial charge in [-0.05, 0) is 41.6 Å². The fourth-order valence-corrected chi connectivity index (χ4v) is 1.98. The van der Waals surface area contributed by atoms with Crippen LogP contribution in [-0.4, -0.2) is 20.2 Å². The van der Waals surface area contributed by atoms with Crippen LogP contribution in [0.25, 0.3) is 11.8 Å². The number of nitrogens with one attached hydrogen (secondary N) is 1. The van der Waals surface area contributed by atoms with Gasteiger partial charge in [-0.25, -0.2) is 8.78 Å². The molecule has 5 nitrogen and oxygen atoms in total. The standard InChI is InChI=1S/C16H13F2N5/c1-11-2-5-13(6-3-11)23-16(20-21-22-23)8-9-19-15-7-4-12(17)10-14(15)18/h2-10,19H,1H3/b9-8-.